The van der Waals surface area contributed by atoms with Gasteiger partial charge in [-0.1, -0.05) is 43.8 Å². The molecule has 0 saturated carbocycles. The van der Waals surface area contributed by atoms with Crippen LogP contribution in [0.2, 0.25) is 0 Å². The third-order valence-electron chi connectivity index (χ3n) is 3.15. The molecule has 2 nitrogen and oxygen atoms in total. The summed E-state index contributed by atoms with van der Waals surface area (Å²) in [5, 5.41) is 0. The predicted octanol–water partition coefficient (Wildman–Crippen LogP) is 3.42. The zero-order chi connectivity index (χ0) is 13.0. The van der Waals surface area contributed by atoms with E-state index in [0.717, 1.165) is 5.75 Å². The van der Waals surface area contributed by atoms with E-state index in [-0.39, 0.29) is 11.8 Å². The summed E-state index contributed by atoms with van der Waals surface area (Å²) in [4.78, 5) is 0.557. The maximum Gasteiger partial charge on any atom is 0.122 e. The van der Waals surface area contributed by atoms with E-state index >= 15 is 0 Å². The molecule has 3 heteroatoms. The zero-order valence-corrected chi connectivity index (χ0v) is 11.8. The molecule has 0 aliphatic carbocycles. The molecule has 0 saturated heterocycles. The Morgan fingerprint density at radius 1 is 1.41 bits per heavy atom. The van der Waals surface area contributed by atoms with E-state index in [2.05, 4.69) is 32.9 Å². The average Bonchev–Trinajstić information content (AvgIpc) is 2.29. The third kappa shape index (κ3) is 3.43. The van der Waals surface area contributed by atoms with Gasteiger partial charge in [-0.2, -0.15) is 0 Å². The molecule has 2 unspecified atom stereocenters. The highest BCUT2D eigenvalue weighted by Crippen LogP contribution is 2.32. The van der Waals surface area contributed by atoms with E-state index in [9.17, 15) is 0 Å². The van der Waals surface area contributed by atoms with Crippen LogP contribution in [0, 0.1) is 12.8 Å². The molecule has 0 aliphatic heterocycles. The number of rotatable bonds is 5. The molecule has 0 bridgehead atoms. The van der Waals surface area contributed by atoms with Gasteiger partial charge < -0.3 is 10.5 Å². The Balaban J connectivity index is 3.09. The van der Waals surface area contributed by atoms with Gasteiger partial charge in [-0.05, 0) is 31.4 Å². The van der Waals surface area contributed by atoms with Crippen LogP contribution in [0.25, 0.3) is 0 Å². The molecule has 0 amide bonds. The maximum absolute atomic E-state index is 5.73. The SMILES string of the molecule is CCOc1ccc(C)cc1C(C)C(C)C(N)=S. The van der Waals surface area contributed by atoms with Crippen molar-refractivity contribution in [1.82, 2.24) is 0 Å². The fourth-order valence-electron chi connectivity index (χ4n) is 1.83. The van der Waals surface area contributed by atoms with Crippen LogP contribution in [0.3, 0.4) is 0 Å². The summed E-state index contributed by atoms with van der Waals surface area (Å²) in [5.74, 6) is 1.38. The molecule has 2 atom stereocenters. The largest absolute Gasteiger partial charge is 0.494 e. The summed E-state index contributed by atoms with van der Waals surface area (Å²) in [6.45, 7) is 8.94. The van der Waals surface area contributed by atoms with Crippen molar-refractivity contribution in [2.45, 2.75) is 33.6 Å². The fraction of sp³-hybridized carbons (Fsp3) is 0.500. The second kappa shape index (κ2) is 6.01. The monoisotopic (exact) mass is 251 g/mol. The molecule has 1 aromatic carbocycles. The summed E-state index contributed by atoms with van der Waals surface area (Å²) in [6, 6.07) is 6.24. The van der Waals surface area contributed by atoms with Gasteiger partial charge in [0.15, 0.2) is 0 Å². The highest BCUT2D eigenvalue weighted by atomic mass is 32.1. The molecule has 0 fully saturated rings. The van der Waals surface area contributed by atoms with Crippen LogP contribution in [0.15, 0.2) is 18.2 Å². The second-order valence-corrected chi connectivity index (χ2v) is 4.93. The Morgan fingerprint density at radius 2 is 2.06 bits per heavy atom. The summed E-state index contributed by atoms with van der Waals surface area (Å²) in [6.07, 6.45) is 0. The molecule has 94 valence electrons. The molecule has 1 rings (SSSR count). The van der Waals surface area contributed by atoms with Gasteiger partial charge in [-0.15, -0.1) is 0 Å². The normalized spacial score (nSPS) is 14.1. The lowest BCUT2D eigenvalue weighted by Crippen LogP contribution is -2.23. The Bertz CT molecular complexity index is 403. The van der Waals surface area contributed by atoms with Crippen LogP contribution in [-0.4, -0.2) is 11.6 Å². The fourth-order valence-corrected chi connectivity index (χ4v) is 2.03. The van der Waals surface area contributed by atoms with Crippen LogP contribution in [0.1, 0.15) is 37.8 Å². The van der Waals surface area contributed by atoms with Crippen LogP contribution in [0.5, 0.6) is 5.75 Å². The Hall–Kier alpha value is -1.09. The second-order valence-electron chi connectivity index (χ2n) is 4.45. The van der Waals surface area contributed by atoms with Crippen LogP contribution in [0.4, 0.5) is 0 Å². The first-order valence-corrected chi connectivity index (χ1v) is 6.40. The van der Waals surface area contributed by atoms with E-state index in [1.165, 1.54) is 11.1 Å². The Labute approximate surface area is 109 Å². The first kappa shape index (κ1) is 14.0. The molecule has 0 aliphatic rings. The number of hydrogen-bond acceptors (Lipinski definition) is 2. The molecule has 2 N–H and O–H groups in total. The summed E-state index contributed by atoms with van der Waals surface area (Å²) < 4.78 is 5.66. The summed E-state index contributed by atoms with van der Waals surface area (Å²) in [5.41, 5.74) is 8.14. The lowest BCUT2D eigenvalue weighted by molar-refractivity contribution is 0.333. The quantitative estimate of drug-likeness (QED) is 0.814. The molecule has 17 heavy (non-hydrogen) atoms. The van der Waals surface area contributed by atoms with Gasteiger partial charge in [-0.25, -0.2) is 0 Å². The first-order chi connectivity index (χ1) is 7.97. The maximum atomic E-state index is 5.73. The molecule has 0 heterocycles. The highest BCUT2D eigenvalue weighted by Gasteiger charge is 2.20. The van der Waals surface area contributed by atoms with E-state index in [4.69, 9.17) is 22.7 Å². The number of thiocarbonyl (C=S) groups is 1. The van der Waals surface area contributed by atoms with Gasteiger partial charge in [0.05, 0.1) is 11.6 Å². The molecule has 0 radical (unpaired) electrons. The summed E-state index contributed by atoms with van der Waals surface area (Å²) in [7, 11) is 0. The lowest BCUT2D eigenvalue weighted by Gasteiger charge is -2.22. The number of nitrogens with two attached hydrogens (primary N) is 1. The van der Waals surface area contributed by atoms with Crippen LogP contribution >= 0.6 is 12.2 Å². The van der Waals surface area contributed by atoms with Crippen molar-refractivity contribution < 1.29 is 4.74 Å². The van der Waals surface area contributed by atoms with Crippen molar-refractivity contribution in [3.63, 3.8) is 0 Å². The molecule has 0 aromatic heterocycles. The zero-order valence-electron chi connectivity index (χ0n) is 11.0. The summed E-state index contributed by atoms with van der Waals surface area (Å²) >= 11 is 5.07. The van der Waals surface area contributed by atoms with Crippen LogP contribution < -0.4 is 10.5 Å². The Morgan fingerprint density at radius 3 is 2.59 bits per heavy atom. The molecular weight excluding hydrogens is 230 g/mol. The van der Waals surface area contributed by atoms with Crippen molar-refractivity contribution in [2.24, 2.45) is 11.7 Å². The van der Waals surface area contributed by atoms with Crippen molar-refractivity contribution in [1.29, 1.82) is 0 Å². The number of ether oxygens (including phenoxy) is 1. The van der Waals surface area contributed by atoms with Gasteiger partial charge in [0, 0.05) is 5.92 Å². The van der Waals surface area contributed by atoms with E-state index in [0.29, 0.717) is 11.6 Å². The van der Waals surface area contributed by atoms with Crippen molar-refractivity contribution in [3.8, 4) is 5.75 Å². The van der Waals surface area contributed by atoms with Crippen molar-refractivity contribution in [3.05, 3.63) is 29.3 Å². The highest BCUT2D eigenvalue weighted by molar-refractivity contribution is 7.80. The van der Waals surface area contributed by atoms with Crippen LogP contribution in [-0.2, 0) is 0 Å². The third-order valence-corrected chi connectivity index (χ3v) is 3.53. The van der Waals surface area contributed by atoms with Gasteiger partial charge in [-0.3, -0.25) is 0 Å². The number of aryl methyl sites for hydroxylation is 1. The molecular formula is C14H21NOS. The average molecular weight is 251 g/mol. The number of hydrogen-bond donors (Lipinski definition) is 1. The van der Waals surface area contributed by atoms with E-state index in [1.54, 1.807) is 0 Å². The molecule has 1 aromatic rings. The minimum Gasteiger partial charge on any atom is -0.494 e. The van der Waals surface area contributed by atoms with Gasteiger partial charge in [0.1, 0.15) is 5.75 Å². The van der Waals surface area contributed by atoms with Gasteiger partial charge in [0.25, 0.3) is 0 Å². The predicted molar refractivity (Wildman–Crippen MR) is 76.7 cm³/mol. The number of benzene rings is 1. The first-order valence-electron chi connectivity index (χ1n) is 6.00. The van der Waals surface area contributed by atoms with E-state index in [1.807, 2.05) is 13.0 Å². The smallest absolute Gasteiger partial charge is 0.122 e. The standard InChI is InChI=1S/C14H21NOS/c1-5-16-13-7-6-9(2)8-12(13)10(3)11(4)14(15)17/h6-8,10-11H,5H2,1-4H3,(H2,15,17). The van der Waals surface area contributed by atoms with Gasteiger partial charge in [0.2, 0.25) is 0 Å². The van der Waals surface area contributed by atoms with Gasteiger partial charge >= 0.3 is 0 Å². The minimum atomic E-state index is 0.172. The topological polar surface area (TPSA) is 35.2 Å². The van der Waals surface area contributed by atoms with E-state index < -0.39 is 0 Å². The van der Waals surface area contributed by atoms with Crippen molar-refractivity contribution >= 4 is 17.2 Å². The molecule has 0 spiro atoms. The Kier molecular flexibility index (Phi) is 4.94. The van der Waals surface area contributed by atoms with Crippen molar-refractivity contribution in [2.75, 3.05) is 6.61 Å². The lowest BCUT2D eigenvalue weighted by atomic mass is 9.87. The minimum absolute atomic E-state index is 0.172.